The highest BCUT2D eigenvalue weighted by molar-refractivity contribution is 5.93. The van der Waals surface area contributed by atoms with E-state index in [0.29, 0.717) is 12.2 Å². The van der Waals surface area contributed by atoms with Gasteiger partial charge in [-0.25, -0.2) is 0 Å². The maximum atomic E-state index is 11.5. The van der Waals surface area contributed by atoms with Crippen molar-refractivity contribution in [2.24, 2.45) is 0 Å². The molecule has 1 aromatic rings. The van der Waals surface area contributed by atoms with Gasteiger partial charge in [0.2, 0.25) is 0 Å². The molecule has 0 aliphatic heterocycles. The maximum absolute atomic E-state index is 11.5. The molecule has 6 heteroatoms. The van der Waals surface area contributed by atoms with Gasteiger partial charge in [-0.05, 0) is 0 Å². The third-order valence-electron chi connectivity index (χ3n) is 1.85. The lowest BCUT2D eigenvalue weighted by Gasteiger charge is -2.11. The van der Waals surface area contributed by atoms with Crippen LogP contribution in [-0.2, 0) is 11.2 Å². The van der Waals surface area contributed by atoms with Crippen molar-refractivity contribution in [1.29, 1.82) is 0 Å². The Morgan fingerprint density at radius 1 is 1.60 bits per heavy atom. The van der Waals surface area contributed by atoms with Crippen LogP contribution in [0.15, 0.2) is 10.6 Å². The Morgan fingerprint density at radius 2 is 2.27 bits per heavy atom. The average Bonchev–Trinajstić information content (AvgIpc) is 2.63. The Balaban J connectivity index is 2.71. The van der Waals surface area contributed by atoms with Gasteiger partial charge in [0.25, 0.3) is 5.91 Å². The topological polar surface area (TPSA) is 83.6 Å². The van der Waals surface area contributed by atoms with Crippen LogP contribution in [0.1, 0.15) is 23.2 Å². The van der Waals surface area contributed by atoms with E-state index in [2.05, 4.69) is 5.16 Å². The number of nitrogens with zero attached hydrogens (tertiary/aromatic N) is 2. The summed E-state index contributed by atoms with van der Waals surface area (Å²) in [5.41, 5.74) is 0.135. The van der Waals surface area contributed by atoms with Gasteiger partial charge in [-0.2, -0.15) is 0 Å². The van der Waals surface area contributed by atoms with Gasteiger partial charge >= 0.3 is 5.97 Å². The molecule has 82 valence electrons. The Bertz CT molecular complexity index is 372. The fourth-order valence-corrected chi connectivity index (χ4v) is 1.05. The molecule has 0 atom stereocenters. The van der Waals surface area contributed by atoms with Crippen LogP contribution in [0.25, 0.3) is 0 Å². The van der Waals surface area contributed by atoms with Crippen LogP contribution in [0.5, 0.6) is 0 Å². The van der Waals surface area contributed by atoms with Gasteiger partial charge in [-0.15, -0.1) is 0 Å². The van der Waals surface area contributed by atoms with Crippen LogP contribution in [0.2, 0.25) is 0 Å². The summed E-state index contributed by atoms with van der Waals surface area (Å²) in [6.45, 7) is 1.52. The third-order valence-corrected chi connectivity index (χ3v) is 1.85. The zero-order valence-corrected chi connectivity index (χ0v) is 8.56. The predicted octanol–water partition coefficient (Wildman–Crippen LogP) is 0.394. The number of aliphatic carboxylic acids is 1. The highest BCUT2D eigenvalue weighted by atomic mass is 16.5. The van der Waals surface area contributed by atoms with Crippen molar-refractivity contribution >= 4 is 11.9 Å². The van der Waals surface area contributed by atoms with Gasteiger partial charge in [-0.3, -0.25) is 9.59 Å². The molecule has 6 nitrogen and oxygen atoms in total. The number of carboxylic acid groups (broad SMARTS) is 1. The van der Waals surface area contributed by atoms with E-state index in [0.717, 1.165) is 4.90 Å². The summed E-state index contributed by atoms with van der Waals surface area (Å²) in [6.07, 6.45) is 0.642. The summed E-state index contributed by atoms with van der Waals surface area (Å²) in [7, 11) is 1.40. The standard InChI is InChI=1S/C9H12N2O4/c1-3-6-4-7(10-15-6)9(14)11(2)5-8(12)13/h4H,3,5H2,1-2H3,(H,12,13). The molecule has 15 heavy (non-hydrogen) atoms. The summed E-state index contributed by atoms with van der Waals surface area (Å²) in [4.78, 5) is 23.0. The minimum absolute atomic E-state index is 0.135. The minimum atomic E-state index is -1.06. The number of likely N-dealkylation sites (N-methyl/N-ethyl adjacent to an activating group) is 1. The van der Waals surface area contributed by atoms with Crippen LogP contribution >= 0.6 is 0 Å². The quantitative estimate of drug-likeness (QED) is 0.780. The number of aromatic nitrogens is 1. The van der Waals surface area contributed by atoms with Crippen molar-refractivity contribution in [3.63, 3.8) is 0 Å². The first kappa shape index (κ1) is 11.2. The van der Waals surface area contributed by atoms with E-state index >= 15 is 0 Å². The molecule has 1 N–H and O–H groups in total. The Hall–Kier alpha value is -1.85. The highest BCUT2D eigenvalue weighted by Crippen LogP contribution is 2.06. The number of hydrogen-bond donors (Lipinski definition) is 1. The van der Waals surface area contributed by atoms with Crippen LogP contribution in [0, 0.1) is 0 Å². The lowest BCUT2D eigenvalue weighted by Crippen LogP contribution is -2.32. The number of carbonyl (C=O) groups excluding carboxylic acids is 1. The summed E-state index contributed by atoms with van der Waals surface area (Å²) in [5.74, 6) is -0.923. The molecule has 1 amide bonds. The van der Waals surface area contributed by atoms with Gasteiger partial charge in [0.05, 0.1) is 0 Å². The normalized spacial score (nSPS) is 10.0. The zero-order chi connectivity index (χ0) is 11.4. The second kappa shape index (κ2) is 4.59. The van der Waals surface area contributed by atoms with Crippen molar-refractivity contribution in [2.75, 3.05) is 13.6 Å². The van der Waals surface area contributed by atoms with Crippen LogP contribution in [0.4, 0.5) is 0 Å². The van der Waals surface area contributed by atoms with Gasteiger partial charge in [0.1, 0.15) is 12.3 Å². The molecule has 0 fully saturated rings. The van der Waals surface area contributed by atoms with Gasteiger partial charge in [0.15, 0.2) is 5.69 Å². The third kappa shape index (κ3) is 2.80. The average molecular weight is 212 g/mol. The molecule has 0 saturated carbocycles. The highest BCUT2D eigenvalue weighted by Gasteiger charge is 2.18. The molecule has 1 heterocycles. The second-order valence-corrected chi connectivity index (χ2v) is 3.09. The van der Waals surface area contributed by atoms with Gasteiger partial charge in [-0.1, -0.05) is 12.1 Å². The first-order valence-corrected chi connectivity index (χ1v) is 4.47. The minimum Gasteiger partial charge on any atom is -0.480 e. The van der Waals surface area contributed by atoms with Crippen LogP contribution < -0.4 is 0 Å². The number of rotatable bonds is 4. The maximum Gasteiger partial charge on any atom is 0.323 e. The fourth-order valence-electron chi connectivity index (χ4n) is 1.05. The predicted molar refractivity (Wildman–Crippen MR) is 50.5 cm³/mol. The number of carboxylic acids is 1. The fraction of sp³-hybridized carbons (Fsp3) is 0.444. The largest absolute Gasteiger partial charge is 0.480 e. The summed E-state index contributed by atoms with van der Waals surface area (Å²) in [5, 5.41) is 12.0. The Labute approximate surface area is 86.5 Å². The number of carbonyl (C=O) groups is 2. The van der Waals surface area contributed by atoms with Crippen LogP contribution in [-0.4, -0.2) is 40.6 Å². The van der Waals surface area contributed by atoms with Gasteiger partial charge in [0, 0.05) is 19.5 Å². The first-order chi connectivity index (χ1) is 7.04. The molecule has 0 bridgehead atoms. The van der Waals surface area contributed by atoms with E-state index in [-0.39, 0.29) is 12.2 Å². The monoisotopic (exact) mass is 212 g/mol. The van der Waals surface area contributed by atoms with Crippen molar-refractivity contribution in [2.45, 2.75) is 13.3 Å². The molecular formula is C9H12N2O4. The molecule has 1 rings (SSSR count). The van der Waals surface area contributed by atoms with E-state index in [1.165, 1.54) is 13.1 Å². The Morgan fingerprint density at radius 3 is 2.73 bits per heavy atom. The lowest BCUT2D eigenvalue weighted by molar-refractivity contribution is -0.137. The molecule has 0 aliphatic carbocycles. The molecule has 0 radical (unpaired) electrons. The SMILES string of the molecule is CCc1cc(C(=O)N(C)CC(=O)O)no1. The zero-order valence-electron chi connectivity index (χ0n) is 8.56. The summed E-state index contributed by atoms with van der Waals surface area (Å²) < 4.78 is 4.85. The van der Waals surface area contributed by atoms with Crippen molar-refractivity contribution < 1.29 is 19.2 Å². The van der Waals surface area contributed by atoms with E-state index in [1.54, 1.807) is 0 Å². The van der Waals surface area contributed by atoms with Gasteiger partial charge < -0.3 is 14.5 Å². The van der Waals surface area contributed by atoms with E-state index in [1.807, 2.05) is 6.92 Å². The van der Waals surface area contributed by atoms with Crippen LogP contribution in [0.3, 0.4) is 0 Å². The molecule has 1 aromatic heterocycles. The number of aryl methyl sites for hydroxylation is 1. The molecular weight excluding hydrogens is 200 g/mol. The van der Waals surface area contributed by atoms with Crippen molar-refractivity contribution in [3.8, 4) is 0 Å². The summed E-state index contributed by atoms with van der Waals surface area (Å²) >= 11 is 0. The lowest BCUT2D eigenvalue weighted by atomic mass is 10.3. The van der Waals surface area contributed by atoms with E-state index < -0.39 is 11.9 Å². The van der Waals surface area contributed by atoms with Crippen molar-refractivity contribution in [1.82, 2.24) is 10.1 Å². The first-order valence-electron chi connectivity index (χ1n) is 4.47. The molecule has 0 aromatic carbocycles. The molecule has 0 saturated heterocycles. The molecule has 0 aliphatic rings. The molecule has 0 spiro atoms. The van der Waals surface area contributed by atoms with E-state index in [9.17, 15) is 9.59 Å². The smallest absolute Gasteiger partial charge is 0.323 e. The Kier molecular flexibility index (Phi) is 3.43. The second-order valence-electron chi connectivity index (χ2n) is 3.09. The molecule has 0 unspecified atom stereocenters. The number of amides is 1. The number of hydrogen-bond acceptors (Lipinski definition) is 4. The van der Waals surface area contributed by atoms with Crippen molar-refractivity contribution in [3.05, 3.63) is 17.5 Å². The summed E-state index contributed by atoms with van der Waals surface area (Å²) in [6, 6.07) is 1.51. The van der Waals surface area contributed by atoms with E-state index in [4.69, 9.17) is 9.63 Å².